The summed E-state index contributed by atoms with van der Waals surface area (Å²) in [4.78, 5) is 49.9. The van der Waals surface area contributed by atoms with Gasteiger partial charge in [0.25, 0.3) is 11.8 Å². The topological polar surface area (TPSA) is 128 Å². The maximum Gasteiger partial charge on any atom is 0.326 e. The highest BCUT2D eigenvalue weighted by Gasteiger charge is 2.51. The first-order chi connectivity index (χ1) is 12.8. The van der Waals surface area contributed by atoms with Crippen molar-refractivity contribution in [3.8, 4) is 0 Å². The highest BCUT2D eigenvalue weighted by atomic mass is 16.6. The molecule has 0 aromatic heterocycles. The molecular weight excluding hydrogens is 354 g/mol. The third-order valence-corrected chi connectivity index (χ3v) is 5.16. The second-order valence-corrected chi connectivity index (χ2v) is 7.17. The van der Waals surface area contributed by atoms with Crippen molar-refractivity contribution >= 4 is 23.7 Å². The highest BCUT2D eigenvalue weighted by molar-refractivity contribution is 5.97. The number of epoxide rings is 1. The zero-order valence-electron chi connectivity index (χ0n) is 16.1. The van der Waals surface area contributed by atoms with E-state index in [9.17, 15) is 24.3 Å². The molecular formula is C18H29N3O6. The molecule has 2 aliphatic heterocycles. The van der Waals surface area contributed by atoms with Crippen molar-refractivity contribution in [3.05, 3.63) is 0 Å². The molecule has 2 saturated heterocycles. The highest BCUT2D eigenvalue weighted by Crippen LogP contribution is 2.25. The summed E-state index contributed by atoms with van der Waals surface area (Å²) in [5.74, 6) is -2.46. The number of rotatable bonds is 9. The fourth-order valence-electron chi connectivity index (χ4n) is 3.24. The first-order valence-electron chi connectivity index (χ1n) is 9.58. The third kappa shape index (κ3) is 4.97. The molecule has 0 aliphatic carbocycles. The standard InChI is InChI=1S/C18H29N3O6/c1-4-8-19-15(22)13-14(27-13)16(23)20-12(10(3)5-2)17(24)21-9-6-7-11(21)18(25)26/h10-14H,4-9H2,1-3H3,(H,19,22)(H,20,23)(H,25,26)/t10-,11-,12+,13-,14+/m1/s1. The van der Waals surface area contributed by atoms with Crippen LogP contribution in [-0.2, 0) is 23.9 Å². The maximum absolute atomic E-state index is 12.9. The summed E-state index contributed by atoms with van der Waals surface area (Å²) in [6, 6.07) is -1.70. The second-order valence-electron chi connectivity index (χ2n) is 7.17. The lowest BCUT2D eigenvalue weighted by molar-refractivity contribution is -0.150. The Hall–Kier alpha value is -2.16. The van der Waals surface area contributed by atoms with Gasteiger partial charge in [-0.15, -0.1) is 0 Å². The van der Waals surface area contributed by atoms with Gasteiger partial charge in [0.05, 0.1) is 0 Å². The minimum absolute atomic E-state index is 0.178. The molecule has 9 nitrogen and oxygen atoms in total. The molecule has 0 radical (unpaired) electrons. The van der Waals surface area contributed by atoms with Gasteiger partial charge in [-0.05, 0) is 25.2 Å². The van der Waals surface area contributed by atoms with Gasteiger partial charge >= 0.3 is 5.97 Å². The first kappa shape index (κ1) is 21.1. The summed E-state index contributed by atoms with van der Waals surface area (Å²) >= 11 is 0. The van der Waals surface area contributed by atoms with E-state index in [1.807, 2.05) is 20.8 Å². The quantitative estimate of drug-likeness (QED) is 0.477. The van der Waals surface area contributed by atoms with E-state index < -0.39 is 42.1 Å². The molecule has 0 unspecified atom stereocenters. The van der Waals surface area contributed by atoms with Gasteiger partial charge < -0.3 is 25.4 Å². The Morgan fingerprint density at radius 2 is 1.85 bits per heavy atom. The number of carboxylic acid groups (broad SMARTS) is 1. The van der Waals surface area contributed by atoms with E-state index in [-0.39, 0.29) is 11.8 Å². The normalized spacial score (nSPS) is 26.2. The average molecular weight is 383 g/mol. The summed E-state index contributed by atoms with van der Waals surface area (Å²) in [6.45, 7) is 6.51. The van der Waals surface area contributed by atoms with E-state index in [0.29, 0.717) is 32.4 Å². The van der Waals surface area contributed by atoms with Gasteiger partial charge in [0.2, 0.25) is 5.91 Å². The van der Waals surface area contributed by atoms with E-state index >= 15 is 0 Å². The third-order valence-electron chi connectivity index (χ3n) is 5.16. The molecule has 3 amide bonds. The number of likely N-dealkylation sites (tertiary alicyclic amines) is 1. The van der Waals surface area contributed by atoms with Crippen LogP contribution in [0.4, 0.5) is 0 Å². The van der Waals surface area contributed by atoms with Crippen molar-refractivity contribution in [2.24, 2.45) is 5.92 Å². The zero-order chi connectivity index (χ0) is 20.1. The van der Waals surface area contributed by atoms with Crippen LogP contribution < -0.4 is 10.6 Å². The Balaban J connectivity index is 2.01. The van der Waals surface area contributed by atoms with Crippen LogP contribution >= 0.6 is 0 Å². The molecule has 2 rings (SSSR count). The lowest BCUT2D eigenvalue weighted by Gasteiger charge is -2.30. The summed E-state index contributed by atoms with van der Waals surface area (Å²) in [5.41, 5.74) is 0. The molecule has 152 valence electrons. The number of hydrogen-bond acceptors (Lipinski definition) is 5. The van der Waals surface area contributed by atoms with Crippen LogP contribution in [0.15, 0.2) is 0 Å². The van der Waals surface area contributed by atoms with Crippen molar-refractivity contribution in [3.63, 3.8) is 0 Å². The summed E-state index contributed by atoms with van der Waals surface area (Å²) in [5, 5.41) is 14.7. The van der Waals surface area contributed by atoms with Crippen molar-refractivity contribution in [1.82, 2.24) is 15.5 Å². The number of carboxylic acids is 1. The maximum atomic E-state index is 12.9. The van der Waals surface area contributed by atoms with Crippen LogP contribution in [0.3, 0.4) is 0 Å². The first-order valence-corrected chi connectivity index (χ1v) is 9.58. The van der Waals surface area contributed by atoms with E-state index in [2.05, 4.69) is 10.6 Å². The van der Waals surface area contributed by atoms with Crippen LogP contribution in [0.25, 0.3) is 0 Å². The van der Waals surface area contributed by atoms with Crippen LogP contribution in [0, 0.1) is 5.92 Å². The molecule has 0 bridgehead atoms. The summed E-state index contributed by atoms with van der Waals surface area (Å²) in [6.07, 6.45) is 0.704. The van der Waals surface area contributed by atoms with Crippen molar-refractivity contribution in [1.29, 1.82) is 0 Å². The summed E-state index contributed by atoms with van der Waals surface area (Å²) < 4.78 is 5.17. The van der Waals surface area contributed by atoms with E-state index in [1.54, 1.807) is 0 Å². The van der Waals surface area contributed by atoms with Crippen LogP contribution in [0.5, 0.6) is 0 Å². The SMILES string of the molecule is CCCNC(=O)[C@@H]1O[C@@H]1C(=O)N[C@H](C(=O)N1CCC[C@@H]1C(=O)O)[C@H](C)CC. The lowest BCUT2D eigenvalue weighted by Crippen LogP contribution is -2.55. The monoisotopic (exact) mass is 383 g/mol. The zero-order valence-corrected chi connectivity index (χ0v) is 16.1. The molecule has 0 spiro atoms. The molecule has 3 N–H and O–H groups in total. The number of nitrogens with one attached hydrogen (secondary N) is 2. The number of carbonyl (C=O) groups excluding carboxylic acids is 3. The van der Waals surface area contributed by atoms with Gasteiger partial charge in [-0.25, -0.2) is 4.79 Å². The number of amides is 3. The van der Waals surface area contributed by atoms with Gasteiger partial charge in [-0.1, -0.05) is 27.2 Å². The Labute approximate surface area is 158 Å². The van der Waals surface area contributed by atoms with Gasteiger partial charge in [0.1, 0.15) is 12.1 Å². The summed E-state index contributed by atoms with van der Waals surface area (Å²) in [7, 11) is 0. The number of hydrogen-bond donors (Lipinski definition) is 3. The van der Waals surface area contributed by atoms with Crippen LogP contribution in [0.1, 0.15) is 46.5 Å². The molecule has 2 aliphatic rings. The number of carbonyl (C=O) groups is 4. The van der Waals surface area contributed by atoms with Crippen molar-refractivity contribution < 1.29 is 29.0 Å². The van der Waals surface area contributed by atoms with Gasteiger partial charge in [-0.2, -0.15) is 0 Å². The predicted octanol–water partition coefficient (Wildman–Crippen LogP) is -0.113. The van der Waals surface area contributed by atoms with E-state index in [0.717, 1.165) is 6.42 Å². The Kier molecular flexibility index (Phi) is 7.18. The largest absolute Gasteiger partial charge is 0.480 e. The van der Waals surface area contributed by atoms with Crippen molar-refractivity contribution in [2.45, 2.75) is 70.7 Å². The van der Waals surface area contributed by atoms with E-state index in [4.69, 9.17) is 4.74 Å². The Morgan fingerprint density at radius 1 is 1.19 bits per heavy atom. The molecule has 5 atom stereocenters. The smallest absolute Gasteiger partial charge is 0.326 e. The fraction of sp³-hybridized carbons (Fsp3) is 0.778. The fourth-order valence-corrected chi connectivity index (χ4v) is 3.24. The molecule has 2 fully saturated rings. The molecule has 27 heavy (non-hydrogen) atoms. The molecule has 0 saturated carbocycles. The number of nitrogens with zero attached hydrogens (tertiary/aromatic N) is 1. The van der Waals surface area contributed by atoms with Gasteiger partial charge in [0, 0.05) is 13.1 Å². The van der Waals surface area contributed by atoms with Gasteiger partial charge in [-0.3, -0.25) is 14.4 Å². The number of aliphatic carboxylic acids is 1. The second kappa shape index (κ2) is 9.16. The number of ether oxygens (including phenoxy) is 1. The Morgan fingerprint density at radius 3 is 2.44 bits per heavy atom. The predicted molar refractivity (Wildman–Crippen MR) is 95.7 cm³/mol. The van der Waals surface area contributed by atoms with Crippen molar-refractivity contribution in [2.75, 3.05) is 13.1 Å². The lowest BCUT2D eigenvalue weighted by atomic mass is 9.97. The average Bonchev–Trinajstić information content (AvgIpc) is 3.30. The molecule has 9 heteroatoms. The minimum atomic E-state index is -1.03. The minimum Gasteiger partial charge on any atom is -0.480 e. The molecule has 0 aromatic rings. The molecule has 2 heterocycles. The van der Waals surface area contributed by atoms with Gasteiger partial charge in [0.15, 0.2) is 12.2 Å². The van der Waals surface area contributed by atoms with Crippen LogP contribution in [0.2, 0.25) is 0 Å². The van der Waals surface area contributed by atoms with Crippen LogP contribution in [-0.4, -0.2) is 71.1 Å². The van der Waals surface area contributed by atoms with E-state index in [1.165, 1.54) is 4.90 Å². The Bertz CT molecular complexity index is 596. The molecule has 0 aromatic carbocycles.